The van der Waals surface area contributed by atoms with E-state index in [1.807, 2.05) is 4.57 Å². The lowest BCUT2D eigenvalue weighted by atomic mass is 9.79. The van der Waals surface area contributed by atoms with Crippen molar-refractivity contribution in [1.82, 2.24) is 19.7 Å². The molecule has 1 aliphatic rings. The fraction of sp³-hybridized carbons (Fsp3) is 0.222. The molecule has 3 heterocycles. The Balaban J connectivity index is 1.76. The van der Waals surface area contributed by atoms with Crippen LogP contribution in [0.4, 0.5) is 10.2 Å². The van der Waals surface area contributed by atoms with Crippen LogP contribution in [-0.4, -0.2) is 49.4 Å². The van der Waals surface area contributed by atoms with Crippen LogP contribution in [0.2, 0.25) is 0 Å². The maximum absolute atomic E-state index is 14.2. The zero-order valence-corrected chi connectivity index (χ0v) is 15.2. The lowest BCUT2D eigenvalue weighted by molar-refractivity contribution is 0.102. The van der Waals surface area contributed by atoms with Gasteiger partial charge in [-0.3, -0.25) is 4.79 Å². The Hall–Kier alpha value is -3.31. The lowest BCUT2D eigenvalue weighted by Crippen LogP contribution is -2.34. The van der Waals surface area contributed by atoms with E-state index < -0.39 is 24.3 Å². The highest BCUT2D eigenvalue weighted by Gasteiger charge is 2.24. The van der Waals surface area contributed by atoms with Crippen LogP contribution in [0.15, 0.2) is 36.7 Å². The van der Waals surface area contributed by atoms with Crippen molar-refractivity contribution in [1.29, 1.82) is 0 Å². The Bertz CT molecular complexity index is 1060. The van der Waals surface area contributed by atoms with Crippen LogP contribution in [0, 0.1) is 5.82 Å². The van der Waals surface area contributed by atoms with E-state index in [0.717, 1.165) is 18.6 Å². The van der Waals surface area contributed by atoms with Gasteiger partial charge in [0.05, 0.1) is 12.2 Å². The zero-order chi connectivity index (χ0) is 20.4. The molecule has 4 rings (SSSR count). The summed E-state index contributed by atoms with van der Waals surface area (Å²) in [5.41, 5.74) is 0.0970. The Morgan fingerprint density at radius 3 is 2.93 bits per heavy atom. The number of benzene rings is 1. The second kappa shape index (κ2) is 7.98. The molecule has 0 radical (unpaired) electrons. The smallest absolute Gasteiger partial charge is 0.491 e. The molecule has 2 bridgehead atoms. The van der Waals surface area contributed by atoms with Crippen molar-refractivity contribution in [3.05, 3.63) is 48.0 Å². The first-order valence-electron chi connectivity index (χ1n) is 9.02. The second-order valence-corrected chi connectivity index (χ2v) is 6.51. The summed E-state index contributed by atoms with van der Waals surface area (Å²) >= 11 is 0. The molecule has 0 saturated carbocycles. The van der Waals surface area contributed by atoms with Gasteiger partial charge >= 0.3 is 7.12 Å². The van der Waals surface area contributed by atoms with E-state index in [4.69, 9.17) is 4.74 Å². The monoisotopic (exact) mass is 397 g/mol. The Morgan fingerprint density at radius 2 is 2.10 bits per heavy atom. The number of carbonyl (C=O) groups excluding carboxylic acids is 1. The largest absolute Gasteiger partial charge is 0.493 e. The number of hydrogen-bond acceptors (Lipinski definition) is 7. The molecular weight excluding hydrogens is 380 g/mol. The van der Waals surface area contributed by atoms with E-state index in [2.05, 4.69) is 20.5 Å². The Morgan fingerprint density at radius 1 is 1.24 bits per heavy atom. The first kappa shape index (κ1) is 19.0. The number of aromatic nitrogens is 4. The molecule has 29 heavy (non-hydrogen) atoms. The van der Waals surface area contributed by atoms with Gasteiger partial charge in [-0.05, 0) is 31.0 Å². The van der Waals surface area contributed by atoms with Gasteiger partial charge in [0.1, 0.15) is 29.4 Å². The Labute approximate surface area is 165 Å². The number of carbonyl (C=O) groups is 1. The third-order valence-electron chi connectivity index (χ3n) is 4.51. The standard InChI is InChI=1S/C18H17BFN5O4/c20-13-9-15-11(8-12(13)19(27)28)18(26)23-16-5-3-4-14(22-16)17-24-21-10-25(17)6-1-2-7-29-15/h3-5,8-10,27-28H,1-2,6-7H2,(H,22,23,26). The molecule has 1 aromatic carbocycles. The van der Waals surface area contributed by atoms with Gasteiger partial charge in [-0.2, -0.15) is 0 Å². The van der Waals surface area contributed by atoms with Gasteiger partial charge in [0.25, 0.3) is 5.91 Å². The van der Waals surface area contributed by atoms with E-state index >= 15 is 0 Å². The summed E-state index contributed by atoms with van der Waals surface area (Å²) in [4.78, 5) is 17.2. The van der Waals surface area contributed by atoms with Crippen molar-refractivity contribution >= 4 is 24.3 Å². The first-order valence-corrected chi connectivity index (χ1v) is 9.02. The molecule has 2 aromatic heterocycles. The zero-order valence-electron chi connectivity index (χ0n) is 15.2. The molecule has 3 N–H and O–H groups in total. The highest BCUT2D eigenvalue weighted by Crippen LogP contribution is 2.23. The molecule has 1 aliphatic heterocycles. The number of rotatable bonds is 1. The summed E-state index contributed by atoms with van der Waals surface area (Å²) < 4.78 is 21.7. The first-order chi connectivity index (χ1) is 14.0. The minimum absolute atomic E-state index is 0.0163. The fourth-order valence-electron chi connectivity index (χ4n) is 3.06. The number of fused-ring (bicyclic) bond motifs is 5. The van der Waals surface area contributed by atoms with Gasteiger partial charge in [0, 0.05) is 18.1 Å². The average Bonchev–Trinajstić information content (AvgIpc) is 3.15. The Kier molecular flexibility index (Phi) is 5.23. The van der Waals surface area contributed by atoms with Crippen molar-refractivity contribution in [2.24, 2.45) is 0 Å². The number of nitrogens with zero attached hydrogens (tertiary/aromatic N) is 4. The summed E-state index contributed by atoms with van der Waals surface area (Å²) in [6.45, 7) is 0.891. The van der Waals surface area contributed by atoms with Crippen molar-refractivity contribution < 1.29 is 24.0 Å². The van der Waals surface area contributed by atoms with Crippen LogP contribution in [0.25, 0.3) is 11.5 Å². The highest BCUT2D eigenvalue weighted by atomic mass is 19.1. The lowest BCUT2D eigenvalue weighted by Gasteiger charge is -2.15. The molecule has 0 aliphatic carbocycles. The topological polar surface area (TPSA) is 122 Å². The third kappa shape index (κ3) is 3.96. The molecule has 1 amide bonds. The maximum atomic E-state index is 14.2. The van der Waals surface area contributed by atoms with E-state index in [-0.39, 0.29) is 23.7 Å². The van der Waals surface area contributed by atoms with Gasteiger partial charge in [-0.15, -0.1) is 10.2 Å². The van der Waals surface area contributed by atoms with Crippen molar-refractivity contribution in [2.45, 2.75) is 19.4 Å². The van der Waals surface area contributed by atoms with E-state index in [1.165, 1.54) is 0 Å². The predicted octanol–water partition coefficient (Wildman–Crippen LogP) is 0.584. The van der Waals surface area contributed by atoms with E-state index in [0.29, 0.717) is 24.5 Å². The number of aryl methyl sites for hydroxylation is 1. The van der Waals surface area contributed by atoms with Crippen LogP contribution in [0.5, 0.6) is 5.75 Å². The van der Waals surface area contributed by atoms with Crippen LogP contribution in [0.1, 0.15) is 23.2 Å². The van der Waals surface area contributed by atoms with Crippen LogP contribution in [0.3, 0.4) is 0 Å². The predicted molar refractivity (Wildman–Crippen MR) is 102 cm³/mol. The molecule has 148 valence electrons. The van der Waals surface area contributed by atoms with E-state index in [9.17, 15) is 19.2 Å². The second-order valence-electron chi connectivity index (χ2n) is 6.51. The molecule has 0 fully saturated rings. The molecule has 0 spiro atoms. The average molecular weight is 397 g/mol. The number of ether oxygens (including phenoxy) is 1. The SMILES string of the molecule is O=C1Nc2cccc(n2)-c2nncn2CCCCOc2cc(F)c(B(O)O)cc21. The van der Waals surface area contributed by atoms with Crippen molar-refractivity contribution in [3.8, 4) is 17.3 Å². The third-order valence-corrected chi connectivity index (χ3v) is 4.51. The summed E-state index contributed by atoms with van der Waals surface area (Å²) in [7, 11) is -2.06. The van der Waals surface area contributed by atoms with Gasteiger partial charge in [-0.1, -0.05) is 6.07 Å². The fourth-order valence-corrected chi connectivity index (χ4v) is 3.06. The minimum atomic E-state index is -2.06. The number of pyridine rings is 1. The molecular formula is C18H17BFN5O4. The van der Waals surface area contributed by atoms with Crippen LogP contribution >= 0.6 is 0 Å². The number of hydrogen-bond donors (Lipinski definition) is 3. The molecule has 0 saturated heterocycles. The molecule has 11 heteroatoms. The molecule has 0 unspecified atom stereocenters. The van der Waals surface area contributed by atoms with E-state index in [1.54, 1.807) is 24.5 Å². The molecule has 3 aromatic rings. The molecule has 0 atom stereocenters. The van der Waals surface area contributed by atoms with Gasteiger partial charge in [0.15, 0.2) is 5.82 Å². The van der Waals surface area contributed by atoms with Gasteiger partial charge in [0.2, 0.25) is 0 Å². The van der Waals surface area contributed by atoms with Crippen molar-refractivity contribution in [3.63, 3.8) is 0 Å². The normalized spacial score (nSPS) is 14.1. The summed E-state index contributed by atoms with van der Waals surface area (Å²) in [6, 6.07) is 7.12. The minimum Gasteiger partial charge on any atom is -0.493 e. The maximum Gasteiger partial charge on any atom is 0.491 e. The molecule has 9 nitrogen and oxygen atoms in total. The quantitative estimate of drug-likeness (QED) is 0.514. The van der Waals surface area contributed by atoms with Gasteiger partial charge < -0.3 is 24.7 Å². The summed E-state index contributed by atoms with van der Waals surface area (Å²) in [5.74, 6) is -0.651. The van der Waals surface area contributed by atoms with Crippen LogP contribution < -0.4 is 15.5 Å². The highest BCUT2D eigenvalue weighted by molar-refractivity contribution is 6.58. The number of anilines is 1. The van der Waals surface area contributed by atoms with Crippen molar-refractivity contribution in [2.75, 3.05) is 11.9 Å². The number of halogens is 1. The summed E-state index contributed by atoms with van der Waals surface area (Å²) in [5, 5.41) is 29.4. The number of amides is 1. The van der Waals surface area contributed by atoms with Crippen LogP contribution in [-0.2, 0) is 6.54 Å². The number of nitrogens with one attached hydrogen (secondary N) is 1. The summed E-state index contributed by atoms with van der Waals surface area (Å²) in [6.07, 6.45) is 2.99. The van der Waals surface area contributed by atoms with Gasteiger partial charge in [-0.25, -0.2) is 9.37 Å².